The lowest BCUT2D eigenvalue weighted by molar-refractivity contribution is 0.0880. The normalized spacial score (nSPS) is 18.3. The number of rotatable bonds is 6. The van der Waals surface area contributed by atoms with Gasteiger partial charge in [-0.3, -0.25) is 14.3 Å². The third-order valence-corrected chi connectivity index (χ3v) is 5.93. The predicted molar refractivity (Wildman–Crippen MR) is 119 cm³/mol. The highest BCUT2D eigenvalue weighted by atomic mass is 35.5. The number of carbonyl (C=O) groups excluding carboxylic acids is 2. The third kappa shape index (κ3) is 4.62. The van der Waals surface area contributed by atoms with E-state index in [2.05, 4.69) is 15.5 Å². The third-order valence-electron chi connectivity index (χ3n) is 5.67. The molecule has 0 unspecified atom stereocenters. The Balaban J connectivity index is 1.34. The number of amides is 2. The van der Waals surface area contributed by atoms with Gasteiger partial charge in [0.15, 0.2) is 0 Å². The molecule has 32 heavy (non-hydrogen) atoms. The van der Waals surface area contributed by atoms with E-state index in [9.17, 15) is 9.59 Å². The molecule has 2 aromatic heterocycles. The Bertz CT molecular complexity index is 1130. The number of halogens is 1. The van der Waals surface area contributed by atoms with E-state index >= 15 is 0 Å². The molecule has 2 amide bonds. The smallest absolute Gasteiger partial charge is 0.255 e. The molecule has 0 radical (unpaired) electrons. The Morgan fingerprint density at radius 2 is 1.84 bits per heavy atom. The van der Waals surface area contributed by atoms with Crippen molar-refractivity contribution in [2.24, 2.45) is 12.8 Å². The van der Waals surface area contributed by atoms with Gasteiger partial charge in [0.25, 0.3) is 11.8 Å². The van der Waals surface area contributed by atoms with Crippen LogP contribution in [-0.2, 0) is 7.05 Å². The molecule has 0 atom stereocenters. The highest BCUT2D eigenvalue weighted by Gasteiger charge is 2.27. The summed E-state index contributed by atoms with van der Waals surface area (Å²) in [6.07, 6.45) is 6.06. The van der Waals surface area contributed by atoms with Crippen molar-refractivity contribution >= 4 is 23.4 Å². The first-order chi connectivity index (χ1) is 15.3. The minimum absolute atomic E-state index is 0.0416. The summed E-state index contributed by atoms with van der Waals surface area (Å²) < 4.78 is 9.15. The number of hydrogen-bond donors (Lipinski definition) is 2. The number of carbonyl (C=O) groups is 2. The van der Waals surface area contributed by atoms with Crippen molar-refractivity contribution in [3.05, 3.63) is 58.5 Å². The van der Waals surface area contributed by atoms with E-state index in [1.807, 2.05) is 19.1 Å². The molecule has 1 saturated carbocycles. The van der Waals surface area contributed by atoms with Gasteiger partial charge in [-0.1, -0.05) is 11.6 Å². The zero-order chi connectivity index (χ0) is 22.8. The summed E-state index contributed by atoms with van der Waals surface area (Å²) in [7, 11) is 1.71. The van der Waals surface area contributed by atoms with Crippen molar-refractivity contribution in [3.63, 3.8) is 0 Å². The van der Waals surface area contributed by atoms with Gasteiger partial charge in [-0.2, -0.15) is 5.10 Å². The molecule has 0 saturated heterocycles. The Kier molecular flexibility index (Phi) is 6.18. The van der Waals surface area contributed by atoms with Crippen LogP contribution in [0.15, 0.2) is 36.7 Å². The van der Waals surface area contributed by atoms with Gasteiger partial charge in [-0.05, 0) is 56.9 Å². The second kappa shape index (κ2) is 9.04. The number of nitrogens with zero attached hydrogens (tertiary/aromatic N) is 4. The van der Waals surface area contributed by atoms with Gasteiger partial charge < -0.3 is 15.8 Å². The molecule has 0 bridgehead atoms. The molecule has 1 aliphatic carbocycles. The Hall–Kier alpha value is -3.33. The largest absolute Gasteiger partial charge is 0.473 e. The first-order valence-electron chi connectivity index (χ1n) is 10.4. The van der Waals surface area contributed by atoms with E-state index < -0.39 is 5.91 Å². The molecule has 1 fully saturated rings. The van der Waals surface area contributed by atoms with Gasteiger partial charge in [-0.15, -0.1) is 5.10 Å². The SMILES string of the molecule is Cc1c(C(=O)NC2CCC(Oc3nn(C)cc3C(N)=O)CC2)cnn1-c1ccc(Cl)cc1. The predicted octanol–water partition coefficient (Wildman–Crippen LogP) is 2.79. The molecule has 9 nitrogen and oxygen atoms in total. The van der Waals surface area contributed by atoms with Crippen molar-refractivity contribution < 1.29 is 14.3 Å². The summed E-state index contributed by atoms with van der Waals surface area (Å²) in [5.74, 6) is -0.450. The zero-order valence-corrected chi connectivity index (χ0v) is 18.7. The van der Waals surface area contributed by atoms with Gasteiger partial charge in [0, 0.05) is 24.3 Å². The first-order valence-corrected chi connectivity index (χ1v) is 10.8. The molecule has 3 aromatic rings. The summed E-state index contributed by atoms with van der Waals surface area (Å²) in [5, 5.41) is 12.3. The molecule has 10 heteroatoms. The maximum absolute atomic E-state index is 12.8. The summed E-state index contributed by atoms with van der Waals surface area (Å²) in [5.41, 5.74) is 7.81. The summed E-state index contributed by atoms with van der Waals surface area (Å²) >= 11 is 5.95. The highest BCUT2D eigenvalue weighted by Crippen LogP contribution is 2.25. The van der Waals surface area contributed by atoms with E-state index in [0.717, 1.165) is 37.1 Å². The first kappa shape index (κ1) is 21.9. The fourth-order valence-corrected chi connectivity index (χ4v) is 4.07. The minimum Gasteiger partial charge on any atom is -0.473 e. The molecule has 2 heterocycles. The standard InChI is InChI=1S/C22H25ClN6O3/c1-13-18(11-25-29(13)16-7-3-14(23)4-8-16)21(31)26-15-5-9-17(10-6-15)32-22-19(20(24)30)12-28(2)27-22/h3-4,7-8,11-12,15,17H,5-6,9-10H2,1-2H3,(H2,24,30)(H,26,31). The van der Waals surface area contributed by atoms with Crippen LogP contribution in [0.5, 0.6) is 5.88 Å². The lowest BCUT2D eigenvalue weighted by Gasteiger charge is -2.29. The average molecular weight is 457 g/mol. The molecule has 1 aliphatic rings. The monoisotopic (exact) mass is 456 g/mol. The van der Waals surface area contributed by atoms with E-state index in [4.69, 9.17) is 22.1 Å². The Labute approximate surface area is 190 Å². The second-order valence-electron chi connectivity index (χ2n) is 7.98. The maximum atomic E-state index is 12.8. The maximum Gasteiger partial charge on any atom is 0.255 e. The summed E-state index contributed by atoms with van der Waals surface area (Å²) in [6.45, 7) is 1.87. The van der Waals surface area contributed by atoms with Crippen molar-refractivity contribution in [2.75, 3.05) is 0 Å². The number of aromatic nitrogens is 4. The van der Waals surface area contributed by atoms with E-state index in [-0.39, 0.29) is 29.5 Å². The quantitative estimate of drug-likeness (QED) is 0.591. The van der Waals surface area contributed by atoms with Crippen LogP contribution in [0.25, 0.3) is 5.69 Å². The Morgan fingerprint density at radius 1 is 1.16 bits per heavy atom. The number of aryl methyl sites for hydroxylation is 1. The van der Waals surface area contributed by atoms with Crippen molar-refractivity contribution in [1.29, 1.82) is 0 Å². The van der Waals surface area contributed by atoms with Gasteiger partial charge in [-0.25, -0.2) is 4.68 Å². The minimum atomic E-state index is -0.566. The topological polar surface area (TPSA) is 117 Å². The van der Waals surface area contributed by atoms with Crippen LogP contribution in [0, 0.1) is 6.92 Å². The fourth-order valence-electron chi connectivity index (χ4n) is 3.95. The summed E-state index contributed by atoms with van der Waals surface area (Å²) in [4.78, 5) is 24.4. The van der Waals surface area contributed by atoms with Gasteiger partial charge >= 0.3 is 0 Å². The van der Waals surface area contributed by atoms with Gasteiger partial charge in [0.2, 0.25) is 5.88 Å². The fraction of sp³-hybridized carbons (Fsp3) is 0.364. The summed E-state index contributed by atoms with van der Waals surface area (Å²) in [6, 6.07) is 7.33. The van der Waals surface area contributed by atoms with Gasteiger partial charge in [0.05, 0.1) is 23.1 Å². The molecule has 1 aromatic carbocycles. The van der Waals surface area contributed by atoms with E-state index in [1.165, 1.54) is 4.68 Å². The molecular weight excluding hydrogens is 432 g/mol. The lowest BCUT2D eigenvalue weighted by Crippen LogP contribution is -2.40. The number of ether oxygens (including phenoxy) is 1. The Morgan fingerprint density at radius 3 is 2.50 bits per heavy atom. The molecule has 168 valence electrons. The molecule has 3 N–H and O–H groups in total. The molecule has 0 aliphatic heterocycles. The van der Waals surface area contributed by atoms with Crippen LogP contribution >= 0.6 is 11.6 Å². The highest BCUT2D eigenvalue weighted by molar-refractivity contribution is 6.30. The van der Waals surface area contributed by atoms with Crippen LogP contribution in [0.4, 0.5) is 0 Å². The van der Waals surface area contributed by atoms with Crippen LogP contribution in [0.2, 0.25) is 5.02 Å². The number of benzene rings is 1. The van der Waals surface area contributed by atoms with Crippen molar-refractivity contribution in [2.45, 2.75) is 44.8 Å². The second-order valence-corrected chi connectivity index (χ2v) is 8.42. The van der Waals surface area contributed by atoms with Crippen LogP contribution in [0.3, 0.4) is 0 Å². The molecular formula is C22H25ClN6O3. The molecule has 0 spiro atoms. The number of nitrogens with two attached hydrogens (primary N) is 1. The lowest BCUT2D eigenvalue weighted by atomic mass is 9.92. The van der Waals surface area contributed by atoms with Crippen LogP contribution < -0.4 is 15.8 Å². The van der Waals surface area contributed by atoms with Crippen LogP contribution in [0.1, 0.15) is 52.1 Å². The van der Waals surface area contributed by atoms with Crippen molar-refractivity contribution in [3.8, 4) is 11.6 Å². The molecule has 4 rings (SSSR count). The number of hydrogen-bond acceptors (Lipinski definition) is 5. The van der Waals surface area contributed by atoms with Gasteiger partial charge in [0.1, 0.15) is 11.7 Å². The number of primary amides is 1. The van der Waals surface area contributed by atoms with E-state index in [0.29, 0.717) is 10.6 Å². The van der Waals surface area contributed by atoms with E-state index in [1.54, 1.807) is 36.3 Å². The zero-order valence-electron chi connectivity index (χ0n) is 17.9. The van der Waals surface area contributed by atoms with Crippen molar-refractivity contribution in [1.82, 2.24) is 24.9 Å². The average Bonchev–Trinajstić information content (AvgIpc) is 3.32. The van der Waals surface area contributed by atoms with Crippen LogP contribution in [-0.4, -0.2) is 43.5 Å². The number of nitrogens with one attached hydrogen (secondary N) is 1.